The number of amides is 1. The zero-order chi connectivity index (χ0) is 23.1. The minimum Gasteiger partial charge on any atom is -0.392 e. The van der Waals surface area contributed by atoms with Crippen molar-refractivity contribution in [3.63, 3.8) is 0 Å². The Morgan fingerprint density at radius 3 is 2.62 bits per heavy atom. The van der Waals surface area contributed by atoms with Gasteiger partial charge in [0, 0.05) is 38.4 Å². The molecular weight excluding hydrogens is 421 g/mol. The number of hydrogen-bond acceptors (Lipinski definition) is 4. The first-order valence-corrected chi connectivity index (χ1v) is 11.6. The van der Waals surface area contributed by atoms with Crippen LogP contribution in [-0.4, -0.2) is 53.9 Å². The summed E-state index contributed by atoms with van der Waals surface area (Å²) < 4.78 is 45.1. The van der Waals surface area contributed by atoms with Gasteiger partial charge in [0.2, 0.25) is 5.91 Å². The molecule has 32 heavy (non-hydrogen) atoms. The summed E-state index contributed by atoms with van der Waals surface area (Å²) in [6.07, 6.45) is -1.45. The minimum atomic E-state index is -4.42. The van der Waals surface area contributed by atoms with Crippen molar-refractivity contribution in [1.29, 1.82) is 0 Å². The topological polar surface area (TPSA) is 61.8 Å². The second-order valence-corrected chi connectivity index (χ2v) is 9.82. The van der Waals surface area contributed by atoms with Crippen molar-refractivity contribution in [3.8, 4) is 0 Å². The Balaban J connectivity index is 1.52. The van der Waals surface area contributed by atoms with Gasteiger partial charge in [-0.1, -0.05) is 13.0 Å². The molecule has 1 saturated heterocycles. The summed E-state index contributed by atoms with van der Waals surface area (Å²) in [4.78, 5) is 15.4. The molecular formula is C24H33F3N2O3. The first kappa shape index (κ1) is 23.5. The van der Waals surface area contributed by atoms with Crippen molar-refractivity contribution in [2.45, 2.75) is 82.8 Å². The lowest BCUT2D eigenvalue weighted by Crippen LogP contribution is -2.51. The van der Waals surface area contributed by atoms with Crippen LogP contribution in [0, 0.1) is 5.41 Å². The van der Waals surface area contributed by atoms with Crippen molar-refractivity contribution < 1.29 is 27.8 Å². The van der Waals surface area contributed by atoms with E-state index in [0.29, 0.717) is 31.0 Å². The summed E-state index contributed by atoms with van der Waals surface area (Å²) in [5.74, 6) is -0.202. The van der Waals surface area contributed by atoms with Crippen LogP contribution >= 0.6 is 0 Å². The third-order valence-corrected chi connectivity index (χ3v) is 7.61. The number of hydrogen-bond donors (Lipinski definition) is 2. The SMILES string of the molecule is CC1CN(C(=O)[C@@]2([C@@H](C)O)CC[C@@H](NC3CCOCC3)C2)Cc2cc(C(F)(F)F)ccc21. The zero-order valence-electron chi connectivity index (χ0n) is 18.8. The summed E-state index contributed by atoms with van der Waals surface area (Å²) in [6, 6.07) is 4.33. The minimum absolute atomic E-state index is 0.0615. The van der Waals surface area contributed by atoms with E-state index in [4.69, 9.17) is 4.74 Å². The lowest BCUT2D eigenvalue weighted by molar-refractivity contribution is -0.150. The van der Waals surface area contributed by atoms with E-state index < -0.39 is 23.3 Å². The van der Waals surface area contributed by atoms with Gasteiger partial charge in [-0.3, -0.25) is 4.79 Å². The van der Waals surface area contributed by atoms with E-state index in [0.717, 1.165) is 44.1 Å². The highest BCUT2D eigenvalue weighted by atomic mass is 19.4. The molecule has 8 heteroatoms. The fourth-order valence-electron chi connectivity index (χ4n) is 5.74. The summed E-state index contributed by atoms with van der Waals surface area (Å²) in [6.45, 7) is 5.66. The highest BCUT2D eigenvalue weighted by molar-refractivity contribution is 5.84. The molecule has 1 unspecified atom stereocenters. The maximum Gasteiger partial charge on any atom is 0.416 e. The Hall–Kier alpha value is -1.64. The average molecular weight is 455 g/mol. The number of carbonyl (C=O) groups is 1. The molecule has 1 aliphatic carbocycles. The summed E-state index contributed by atoms with van der Waals surface area (Å²) in [5, 5.41) is 14.3. The van der Waals surface area contributed by atoms with Gasteiger partial charge in [0.05, 0.1) is 17.1 Å². The molecule has 178 valence electrons. The predicted octanol–water partition coefficient (Wildman–Crippen LogP) is 3.84. The smallest absolute Gasteiger partial charge is 0.392 e. The van der Waals surface area contributed by atoms with E-state index in [1.807, 2.05) is 6.92 Å². The van der Waals surface area contributed by atoms with Gasteiger partial charge in [-0.2, -0.15) is 13.2 Å². The highest BCUT2D eigenvalue weighted by Crippen LogP contribution is 2.45. The molecule has 0 spiro atoms. The van der Waals surface area contributed by atoms with Gasteiger partial charge in [-0.15, -0.1) is 0 Å². The number of nitrogens with zero attached hydrogens (tertiary/aromatic N) is 1. The second kappa shape index (κ2) is 8.95. The molecule has 1 aromatic rings. The standard InChI is InChI=1S/C24H33F3N2O3/c1-15-13-29(14-17-11-18(24(25,26)27)3-4-21(15)17)22(31)23(16(2)30)8-5-20(12-23)28-19-6-9-32-10-7-19/h3-4,11,15-16,19-20,28,30H,5-10,12-14H2,1-2H3/t15?,16-,20-,23+/m1/s1. The Labute approximate surface area is 187 Å². The molecule has 1 saturated carbocycles. The van der Waals surface area contributed by atoms with Crippen molar-refractivity contribution in [2.24, 2.45) is 5.41 Å². The number of ether oxygens (including phenoxy) is 1. The monoisotopic (exact) mass is 454 g/mol. The lowest BCUT2D eigenvalue weighted by atomic mass is 9.78. The second-order valence-electron chi connectivity index (χ2n) is 9.82. The lowest BCUT2D eigenvalue weighted by Gasteiger charge is -2.41. The number of halogens is 3. The molecule has 4 atom stereocenters. The van der Waals surface area contributed by atoms with Gasteiger partial charge in [0.15, 0.2) is 0 Å². The van der Waals surface area contributed by atoms with Crippen LogP contribution in [0.1, 0.15) is 68.6 Å². The Morgan fingerprint density at radius 1 is 1.25 bits per heavy atom. The highest BCUT2D eigenvalue weighted by Gasteiger charge is 2.51. The van der Waals surface area contributed by atoms with Gasteiger partial charge < -0.3 is 20.1 Å². The molecule has 2 aliphatic heterocycles. The third kappa shape index (κ3) is 4.54. The number of benzene rings is 1. The van der Waals surface area contributed by atoms with Crippen LogP contribution in [0.15, 0.2) is 18.2 Å². The fourth-order valence-corrected chi connectivity index (χ4v) is 5.74. The number of aliphatic hydroxyl groups is 1. The first-order valence-electron chi connectivity index (χ1n) is 11.6. The van der Waals surface area contributed by atoms with E-state index in [9.17, 15) is 23.1 Å². The van der Waals surface area contributed by atoms with Gasteiger partial charge >= 0.3 is 6.18 Å². The maximum atomic E-state index is 13.7. The molecule has 3 aliphatic rings. The van der Waals surface area contributed by atoms with E-state index >= 15 is 0 Å². The molecule has 5 nitrogen and oxygen atoms in total. The quantitative estimate of drug-likeness (QED) is 0.726. The Kier molecular flexibility index (Phi) is 6.58. The molecule has 2 heterocycles. The van der Waals surface area contributed by atoms with Crippen LogP contribution in [-0.2, 0) is 22.3 Å². The van der Waals surface area contributed by atoms with Crippen molar-refractivity contribution in [3.05, 3.63) is 34.9 Å². The number of carbonyl (C=O) groups excluding carboxylic acids is 1. The van der Waals surface area contributed by atoms with E-state index in [1.54, 1.807) is 17.9 Å². The van der Waals surface area contributed by atoms with Crippen LogP contribution < -0.4 is 5.32 Å². The van der Waals surface area contributed by atoms with Gasteiger partial charge in [-0.05, 0) is 68.2 Å². The molecule has 0 bridgehead atoms. The fraction of sp³-hybridized carbons (Fsp3) is 0.708. The van der Waals surface area contributed by atoms with Crippen LogP contribution in [0.4, 0.5) is 13.2 Å². The summed E-state index contributed by atoms with van der Waals surface area (Å²) >= 11 is 0. The normalized spacial score (nSPS) is 30.2. The number of fused-ring (bicyclic) bond motifs is 1. The van der Waals surface area contributed by atoms with Crippen LogP contribution in [0.25, 0.3) is 0 Å². The van der Waals surface area contributed by atoms with Crippen molar-refractivity contribution in [2.75, 3.05) is 19.8 Å². The first-order chi connectivity index (χ1) is 15.1. The van der Waals surface area contributed by atoms with Gasteiger partial charge in [0.1, 0.15) is 0 Å². The van der Waals surface area contributed by atoms with Crippen LogP contribution in [0.2, 0.25) is 0 Å². The summed E-state index contributed by atoms with van der Waals surface area (Å²) in [7, 11) is 0. The van der Waals surface area contributed by atoms with Gasteiger partial charge in [-0.25, -0.2) is 0 Å². The maximum absolute atomic E-state index is 13.7. The molecule has 1 amide bonds. The van der Waals surface area contributed by atoms with E-state index in [1.165, 1.54) is 6.07 Å². The zero-order valence-corrected chi connectivity index (χ0v) is 18.8. The predicted molar refractivity (Wildman–Crippen MR) is 114 cm³/mol. The molecule has 4 rings (SSSR count). The third-order valence-electron chi connectivity index (χ3n) is 7.61. The van der Waals surface area contributed by atoms with Gasteiger partial charge in [0.25, 0.3) is 0 Å². The van der Waals surface area contributed by atoms with Crippen molar-refractivity contribution in [1.82, 2.24) is 10.2 Å². The van der Waals surface area contributed by atoms with Crippen molar-refractivity contribution >= 4 is 5.91 Å². The molecule has 2 fully saturated rings. The van der Waals surface area contributed by atoms with Crippen LogP contribution in [0.5, 0.6) is 0 Å². The Bertz CT molecular complexity index is 838. The average Bonchev–Trinajstić information content (AvgIpc) is 3.18. The molecule has 0 aromatic heterocycles. The molecule has 1 aromatic carbocycles. The number of rotatable bonds is 4. The van der Waals surface area contributed by atoms with E-state index in [-0.39, 0.29) is 24.4 Å². The molecule has 0 radical (unpaired) electrons. The largest absolute Gasteiger partial charge is 0.416 e. The number of aliphatic hydroxyl groups excluding tert-OH is 1. The number of alkyl halides is 3. The van der Waals surface area contributed by atoms with Crippen LogP contribution in [0.3, 0.4) is 0 Å². The van der Waals surface area contributed by atoms with E-state index in [2.05, 4.69) is 5.32 Å². The number of nitrogens with one attached hydrogen (secondary N) is 1. The Morgan fingerprint density at radius 2 is 1.97 bits per heavy atom. The molecule has 2 N–H and O–H groups in total. The summed E-state index contributed by atoms with van der Waals surface area (Å²) in [5.41, 5.74) is -0.187.